The molecule has 31 heavy (non-hydrogen) atoms. The summed E-state index contributed by atoms with van der Waals surface area (Å²) in [7, 11) is -4.03. The smallest absolute Gasteiger partial charge is 0.301 e. The van der Waals surface area contributed by atoms with Gasteiger partial charge in [-0.3, -0.25) is 4.72 Å². The molecule has 1 aliphatic heterocycles. The molecule has 12 heteroatoms. The molecule has 0 aromatic heterocycles. The fraction of sp³-hybridized carbons (Fsp3) is 0.368. The predicted molar refractivity (Wildman–Crippen MR) is 123 cm³/mol. The number of hydrogen-bond donors (Lipinski definition) is 4. The molecule has 0 atom stereocenters. The third kappa shape index (κ3) is 6.00. The first-order valence-corrected chi connectivity index (χ1v) is 12.1. The number of rotatable bonds is 8. The maximum absolute atomic E-state index is 14.5. The summed E-state index contributed by atoms with van der Waals surface area (Å²) in [5, 5.41) is 5.72. The Morgan fingerprint density at radius 3 is 2.39 bits per heavy atom. The molecule has 1 saturated heterocycles. The van der Waals surface area contributed by atoms with E-state index in [1.165, 1.54) is 16.4 Å². The second kappa shape index (κ2) is 10.3. The van der Waals surface area contributed by atoms with E-state index in [1.54, 1.807) is 6.07 Å². The quantitative estimate of drug-likeness (QED) is 0.367. The van der Waals surface area contributed by atoms with Crippen molar-refractivity contribution >= 4 is 49.9 Å². The number of halogens is 4. The van der Waals surface area contributed by atoms with E-state index in [0.29, 0.717) is 29.5 Å². The van der Waals surface area contributed by atoms with Crippen LogP contribution in [0.25, 0.3) is 0 Å². The average molecular weight is 569 g/mol. The second-order valence-electron chi connectivity index (χ2n) is 7.06. The lowest BCUT2D eigenvalue weighted by Crippen LogP contribution is -2.47. The van der Waals surface area contributed by atoms with Gasteiger partial charge in [0.25, 0.3) is 0 Å². The molecule has 2 aromatic rings. The minimum atomic E-state index is -4.03. The Morgan fingerprint density at radius 2 is 1.74 bits per heavy atom. The molecule has 0 saturated carbocycles. The zero-order valence-corrected chi connectivity index (χ0v) is 19.4. The molecule has 3 rings (SSSR count). The molecular formula is C19H23F3IN5O2S. The fourth-order valence-corrected chi connectivity index (χ4v) is 5.00. The summed E-state index contributed by atoms with van der Waals surface area (Å²) in [6, 6.07) is 6.23. The lowest BCUT2D eigenvalue weighted by molar-refractivity contribution is 0.292. The zero-order chi connectivity index (χ0) is 22.6. The van der Waals surface area contributed by atoms with Crippen LogP contribution in [0.1, 0.15) is 12.8 Å². The van der Waals surface area contributed by atoms with E-state index in [4.69, 9.17) is 5.73 Å². The molecule has 1 fully saturated rings. The van der Waals surface area contributed by atoms with Gasteiger partial charge in [0.15, 0.2) is 11.6 Å². The number of piperidine rings is 1. The standard InChI is InChI=1S/C19H23F3IN5O2S/c20-14-2-4-17(19(18(14)22)26-16-3-1-12(23)11-15(16)21)27-31(29,30)28-9-5-13(6-10-28)25-8-7-24/h1-4,11,13,25-27H,5-10,24H2. The summed E-state index contributed by atoms with van der Waals surface area (Å²) in [5.41, 5.74) is 4.64. The summed E-state index contributed by atoms with van der Waals surface area (Å²) in [6.07, 6.45) is 1.19. The average Bonchev–Trinajstić information content (AvgIpc) is 2.73. The highest BCUT2D eigenvalue weighted by molar-refractivity contribution is 14.1. The number of nitrogens with zero attached hydrogens (tertiary/aromatic N) is 1. The Labute approximate surface area is 192 Å². The van der Waals surface area contributed by atoms with Gasteiger partial charge in [-0.05, 0) is 65.8 Å². The van der Waals surface area contributed by atoms with Crippen molar-refractivity contribution in [1.82, 2.24) is 9.62 Å². The fourth-order valence-electron chi connectivity index (χ4n) is 3.27. The number of hydrogen-bond acceptors (Lipinski definition) is 5. The highest BCUT2D eigenvalue weighted by Crippen LogP contribution is 2.33. The topological polar surface area (TPSA) is 99.5 Å². The molecule has 0 amide bonds. The second-order valence-corrected chi connectivity index (χ2v) is 9.97. The Morgan fingerprint density at radius 1 is 1.06 bits per heavy atom. The van der Waals surface area contributed by atoms with Crippen molar-refractivity contribution in [1.29, 1.82) is 0 Å². The SMILES string of the molecule is NCCNC1CCN(S(=O)(=O)Nc2ccc(F)c(F)c2Nc2ccc(I)cc2F)CC1. The van der Waals surface area contributed by atoms with Gasteiger partial charge in [0.2, 0.25) is 0 Å². The monoisotopic (exact) mass is 569 g/mol. The lowest BCUT2D eigenvalue weighted by atomic mass is 10.1. The molecule has 0 aliphatic carbocycles. The van der Waals surface area contributed by atoms with Crippen LogP contribution in [0.15, 0.2) is 30.3 Å². The first kappa shape index (κ1) is 24.0. The number of nitrogens with one attached hydrogen (secondary N) is 3. The van der Waals surface area contributed by atoms with E-state index >= 15 is 0 Å². The Hall–Kier alpha value is -1.61. The molecular weight excluding hydrogens is 546 g/mol. The van der Waals surface area contributed by atoms with Crippen LogP contribution in [0.5, 0.6) is 0 Å². The summed E-state index contributed by atoms with van der Waals surface area (Å²) in [6.45, 7) is 1.66. The van der Waals surface area contributed by atoms with Crippen molar-refractivity contribution in [2.24, 2.45) is 5.73 Å². The van der Waals surface area contributed by atoms with Crippen LogP contribution in [-0.4, -0.2) is 44.9 Å². The Bertz CT molecular complexity index is 1030. The van der Waals surface area contributed by atoms with Gasteiger partial charge in [-0.2, -0.15) is 12.7 Å². The van der Waals surface area contributed by atoms with Gasteiger partial charge in [-0.25, -0.2) is 13.2 Å². The molecule has 1 aliphatic rings. The van der Waals surface area contributed by atoms with Crippen LogP contribution in [0.2, 0.25) is 0 Å². The van der Waals surface area contributed by atoms with Crippen LogP contribution in [0.3, 0.4) is 0 Å². The predicted octanol–water partition coefficient (Wildman–Crippen LogP) is 3.12. The molecule has 5 N–H and O–H groups in total. The van der Waals surface area contributed by atoms with Gasteiger partial charge in [0.05, 0.1) is 11.4 Å². The van der Waals surface area contributed by atoms with Crippen LogP contribution in [-0.2, 0) is 10.2 Å². The molecule has 1 heterocycles. The molecule has 2 aromatic carbocycles. The molecule has 170 valence electrons. The molecule has 0 unspecified atom stereocenters. The van der Waals surface area contributed by atoms with Crippen molar-refractivity contribution in [2.45, 2.75) is 18.9 Å². The van der Waals surface area contributed by atoms with Gasteiger partial charge in [0, 0.05) is 35.8 Å². The third-order valence-corrected chi connectivity index (χ3v) is 7.09. The maximum atomic E-state index is 14.5. The van der Waals surface area contributed by atoms with Gasteiger partial charge < -0.3 is 16.4 Å². The van der Waals surface area contributed by atoms with E-state index in [1.807, 2.05) is 22.6 Å². The van der Waals surface area contributed by atoms with E-state index in [0.717, 1.165) is 12.1 Å². The molecule has 0 radical (unpaired) electrons. The Kier molecular flexibility index (Phi) is 8.02. The minimum Gasteiger partial charge on any atom is -0.349 e. The van der Waals surface area contributed by atoms with Crippen LogP contribution < -0.4 is 21.1 Å². The van der Waals surface area contributed by atoms with E-state index in [9.17, 15) is 21.6 Å². The Balaban J connectivity index is 1.80. The van der Waals surface area contributed by atoms with Gasteiger partial charge in [0.1, 0.15) is 11.5 Å². The summed E-state index contributed by atoms with van der Waals surface area (Å²) >= 11 is 1.91. The largest absolute Gasteiger partial charge is 0.349 e. The van der Waals surface area contributed by atoms with Crippen LogP contribution in [0, 0.1) is 21.0 Å². The first-order valence-electron chi connectivity index (χ1n) is 9.62. The number of nitrogens with two attached hydrogens (primary N) is 1. The highest BCUT2D eigenvalue weighted by Gasteiger charge is 2.29. The summed E-state index contributed by atoms with van der Waals surface area (Å²) in [5.74, 6) is -3.19. The first-order chi connectivity index (χ1) is 14.7. The van der Waals surface area contributed by atoms with Crippen LogP contribution >= 0.6 is 22.6 Å². The van der Waals surface area contributed by atoms with Gasteiger partial charge in [-0.15, -0.1) is 0 Å². The van der Waals surface area contributed by atoms with E-state index in [-0.39, 0.29) is 30.5 Å². The molecule has 0 spiro atoms. The third-order valence-electron chi connectivity index (χ3n) is 4.90. The number of anilines is 3. The van der Waals surface area contributed by atoms with Crippen molar-refractivity contribution in [3.05, 3.63) is 51.4 Å². The van der Waals surface area contributed by atoms with Crippen molar-refractivity contribution < 1.29 is 21.6 Å². The van der Waals surface area contributed by atoms with Crippen molar-refractivity contribution in [3.63, 3.8) is 0 Å². The van der Waals surface area contributed by atoms with Crippen LogP contribution in [0.4, 0.5) is 30.2 Å². The minimum absolute atomic E-state index is 0.114. The van der Waals surface area contributed by atoms with Crippen molar-refractivity contribution in [2.75, 3.05) is 36.2 Å². The summed E-state index contributed by atoms with van der Waals surface area (Å²) in [4.78, 5) is 0. The lowest BCUT2D eigenvalue weighted by Gasteiger charge is -2.32. The molecule has 7 nitrogen and oxygen atoms in total. The highest BCUT2D eigenvalue weighted by atomic mass is 127. The van der Waals surface area contributed by atoms with Gasteiger partial charge in [-0.1, -0.05) is 0 Å². The number of benzene rings is 2. The maximum Gasteiger partial charge on any atom is 0.301 e. The van der Waals surface area contributed by atoms with Crippen molar-refractivity contribution in [3.8, 4) is 0 Å². The zero-order valence-electron chi connectivity index (χ0n) is 16.5. The van der Waals surface area contributed by atoms with E-state index < -0.39 is 33.3 Å². The van der Waals surface area contributed by atoms with E-state index in [2.05, 4.69) is 15.4 Å². The van der Waals surface area contributed by atoms with Gasteiger partial charge >= 0.3 is 10.2 Å². The summed E-state index contributed by atoms with van der Waals surface area (Å²) < 4.78 is 72.4. The normalized spacial score (nSPS) is 15.8. The molecule has 0 bridgehead atoms.